The number of nitrogens with one attached hydrogen (secondary N) is 1. The Morgan fingerprint density at radius 1 is 1.50 bits per heavy atom. The molecule has 0 spiro atoms. The van der Waals surface area contributed by atoms with Gasteiger partial charge in [-0.05, 0) is 18.2 Å². The van der Waals surface area contributed by atoms with Gasteiger partial charge in [-0.2, -0.15) is 0 Å². The number of rotatable bonds is 2. The number of carbonyl (C=O) groups is 1. The van der Waals surface area contributed by atoms with E-state index >= 15 is 0 Å². The molecule has 5 nitrogen and oxygen atoms in total. The van der Waals surface area contributed by atoms with Crippen LogP contribution in [0.3, 0.4) is 0 Å². The Bertz CT molecular complexity index is 472. The highest BCUT2D eigenvalue weighted by molar-refractivity contribution is 5.93. The first-order valence-corrected chi connectivity index (χ1v) is 4.66. The number of anilines is 2. The molecule has 0 aliphatic carbocycles. The molecule has 0 saturated carbocycles. The van der Waals surface area contributed by atoms with E-state index in [1.54, 1.807) is 6.07 Å². The van der Waals surface area contributed by atoms with Crippen LogP contribution in [0.5, 0.6) is 0 Å². The zero-order valence-electron chi connectivity index (χ0n) is 8.40. The van der Waals surface area contributed by atoms with Crippen molar-refractivity contribution in [2.45, 2.75) is 0 Å². The number of halogens is 1. The third kappa shape index (κ3) is 1.82. The average Bonchev–Trinajstić information content (AvgIpc) is 2.66. The lowest BCUT2D eigenvalue weighted by Gasteiger charge is -2.16. The van der Waals surface area contributed by atoms with E-state index in [1.165, 1.54) is 23.3 Å². The molecular weight excluding hydrogens is 211 g/mol. The molecule has 0 bridgehead atoms. The Labute approximate surface area is 91.5 Å². The Hall–Kier alpha value is -2.08. The van der Waals surface area contributed by atoms with Crippen LogP contribution >= 0.6 is 0 Å². The summed E-state index contributed by atoms with van der Waals surface area (Å²) < 4.78 is 13.5. The highest BCUT2D eigenvalue weighted by atomic mass is 19.1. The number of hydrogen-bond donors (Lipinski definition) is 3. The molecule has 0 unspecified atom stereocenters. The average molecular weight is 222 g/mol. The maximum Gasteiger partial charge on any atom is 0.247 e. The van der Waals surface area contributed by atoms with Crippen LogP contribution in [0.1, 0.15) is 0 Å². The molecule has 1 amide bonds. The van der Waals surface area contributed by atoms with Crippen molar-refractivity contribution >= 4 is 17.3 Å². The molecule has 0 aromatic heterocycles. The summed E-state index contributed by atoms with van der Waals surface area (Å²) in [5.74, 6) is -0.986. The molecule has 6 heteroatoms. The van der Waals surface area contributed by atoms with Crippen molar-refractivity contribution in [3.05, 3.63) is 35.8 Å². The van der Waals surface area contributed by atoms with Crippen molar-refractivity contribution in [2.24, 2.45) is 5.73 Å². The highest BCUT2D eigenvalue weighted by Gasteiger charge is 2.19. The molecule has 1 aliphatic rings. The molecule has 0 fully saturated rings. The first-order valence-electron chi connectivity index (χ1n) is 4.66. The number of carbonyl (C=O) groups excluding carboxylic acids is 1. The summed E-state index contributed by atoms with van der Waals surface area (Å²) >= 11 is 0. The largest absolute Gasteiger partial charge is 0.399 e. The van der Waals surface area contributed by atoms with Crippen molar-refractivity contribution in [1.82, 2.24) is 5.43 Å². The number of nitrogen functional groups attached to an aromatic ring is 1. The quantitative estimate of drug-likeness (QED) is 0.620. The van der Waals surface area contributed by atoms with Gasteiger partial charge in [0.2, 0.25) is 5.91 Å². The smallest absolute Gasteiger partial charge is 0.247 e. The van der Waals surface area contributed by atoms with Crippen LogP contribution < -0.4 is 21.9 Å². The van der Waals surface area contributed by atoms with Gasteiger partial charge in [0.05, 0.1) is 11.3 Å². The summed E-state index contributed by atoms with van der Waals surface area (Å²) in [6.45, 7) is 0.291. The van der Waals surface area contributed by atoms with Crippen LogP contribution in [0, 0.1) is 5.82 Å². The molecule has 5 N–H and O–H groups in total. The number of nitrogens with two attached hydrogens (primary N) is 2. The van der Waals surface area contributed by atoms with Crippen LogP contribution in [-0.4, -0.2) is 12.5 Å². The number of hydrogen-bond acceptors (Lipinski definition) is 4. The molecule has 0 radical (unpaired) electrons. The Balaban J connectivity index is 2.30. The summed E-state index contributed by atoms with van der Waals surface area (Å²) in [6, 6.07) is 4.32. The standard InChI is InChI=1S/C10H11FN4O/c11-8-3-7(12)1-2-9(8)15-5-6(4-14-15)10(13)16/h1-3,5,14H,4,12H2,(H2,13,16). The summed E-state index contributed by atoms with van der Waals surface area (Å²) in [5, 5.41) is 1.41. The molecule has 1 aromatic carbocycles. The second-order valence-corrected chi connectivity index (χ2v) is 3.43. The fourth-order valence-electron chi connectivity index (χ4n) is 1.44. The van der Waals surface area contributed by atoms with E-state index in [-0.39, 0.29) is 0 Å². The second-order valence-electron chi connectivity index (χ2n) is 3.43. The van der Waals surface area contributed by atoms with Gasteiger partial charge in [0.15, 0.2) is 0 Å². The molecule has 0 saturated heterocycles. The summed E-state index contributed by atoms with van der Waals surface area (Å²) in [7, 11) is 0. The van der Waals surface area contributed by atoms with E-state index in [0.29, 0.717) is 23.5 Å². The van der Waals surface area contributed by atoms with Crippen molar-refractivity contribution in [3.63, 3.8) is 0 Å². The number of nitrogens with zero attached hydrogens (tertiary/aromatic N) is 1. The van der Waals surface area contributed by atoms with Crippen LogP contribution in [0.4, 0.5) is 15.8 Å². The fourth-order valence-corrected chi connectivity index (χ4v) is 1.44. The lowest BCUT2D eigenvalue weighted by molar-refractivity contribution is -0.114. The van der Waals surface area contributed by atoms with Gasteiger partial charge < -0.3 is 11.5 Å². The van der Waals surface area contributed by atoms with Gasteiger partial charge in [-0.1, -0.05) is 0 Å². The van der Waals surface area contributed by atoms with E-state index < -0.39 is 11.7 Å². The van der Waals surface area contributed by atoms with Gasteiger partial charge in [-0.25, -0.2) is 9.82 Å². The van der Waals surface area contributed by atoms with E-state index in [4.69, 9.17) is 11.5 Å². The molecule has 1 heterocycles. The predicted octanol–water partition coefficient (Wildman–Crippen LogP) is 0.102. The number of benzene rings is 1. The topological polar surface area (TPSA) is 84.4 Å². The SMILES string of the molecule is NC(=O)C1=CN(c2ccc(N)cc2F)NC1. The van der Waals surface area contributed by atoms with Crippen LogP contribution in [0.2, 0.25) is 0 Å². The molecule has 2 rings (SSSR count). The number of primary amides is 1. The zero-order valence-corrected chi connectivity index (χ0v) is 8.40. The van der Waals surface area contributed by atoms with E-state index in [1.807, 2.05) is 0 Å². The molecule has 16 heavy (non-hydrogen) atoms. The first-order chi connectivity index (χ1) is 7.58. The second kappa shape index (κ2) is 3.82. The van der Waals surface area contributed by atoms with Crippen LogP contribution in [-0.2, 0) is 4.79 Å². The summed E-state index contributed by atoms with van der Waals surface area (Å²) in [4.78, 5) is 10.9. The van der Waals surface area contributed by atoms with E-state index in [9.17, 15) is 9.18 Å². The van der Waals surface area contributed by atoms with Crippen LogP contribution in [0.25, 0.3) is 0 Å². The van der Waals surface area contributed by atoms with Gasteiger partial charge in [-0.3, -0.25) is 9.80 Å². The summed E-state index contributed by atoms with van der Waals surface area (Å²) in [6.07, 6.45) is 1.47. The Kier molecular flexibility index (Phi) is 2.49. The minimum atomic E-state index is -0.522. The van der Waals surface area contributed by atoms with E-state index in [0.717, 1.165) is 0 Å². The van der Waals surface area contributed by atoms with Gasteiger partial charge in [0.1, 0.15) is 5.82 Å². The summed E-state index contributed by atoms with van der Waals surface area (Å²) in [5.41, 5.74) is 14.4. The van der Waals surface area contributed by atoms with Crippen LogP contribution in [0.15, 0.2) is 30.0 Å². The van der Waals surface area contributed by atoms with Crippen molar-refractivity contribution in [2.75, 3.05) is 17.3 Å². The molecule has 84 valence electrons. The Morgan fingerprint density at radius 3 is 2.81 bits per heavy atom. The molecule has 1 aromatic rings. The van der Waals surface area contributed by atoms with Crippen molar-refractivity contribution in [1.29, 1.82) is 0 Å². The maximum atomic E-state index is 13.5. The minimum absolute atomic E-state index is 0.291. The third-order valence-corrected chi connectivity index (χ3v) is 2.27. The monoisotopic (exact) mass is 222 g/mol. The van der Waals surface area contributed by atoms with Gasteiger partial charge in [-0.15, -0.1) is 0 Å². The number of hydrazine groups is 1. The predicted molar refractivity (Wildman–Crippen MR) is 58.6 cm³/mol. The lowest BCUT2D eigenvalue weighted by Crippen LogP contribution is -2.29. The van der Waals surface area contributed by atoms with Crippen molar-refractivity contribution < 1.29 is 9.18 Å². The highest BCUT2D eigenvalue weighted by Crippen LogP contribution is 2.22. The zero-order chi connectivity index (χ0) is 11.7. The van der Waals surface area contributed by atoms with Gasteiger partial charge >= 0.3 is 0 Å². The third-order valence-electron chi connectivity index (χ3n) is 2.27. The normalized spacial score (nSPS) is 15.1. The minimum Gasteiger partial charge on any atom is -0.399 e. The molecule has 0 atom stereocenters. The maximum absolute atomic E-state index is 13.5. The molecule has 1 aliphatic heterocycles. The van der Waals surface area contributed by atoms with Gasteiger partial charge in [0, 0.05) is 18.4 Å². The van der Waals surface area contributed by atoms with Crippen molar-refractivity contribution in [3.8, 4) is 0 Å². The van der Waals surface area contributed by atoms with E-state index in [2.05, 4.69) is 5.43 Å². The molecular formula is C10H11FN4O. The fraction of sp³-hybridized carbons (Fsp3) is 0.100. The Morgan fingerprint density at radius 2 is 2.25 bits per heavy atom. The first kappa shape index (κ1) is 10.4. The van der Waals surface area contributed by atoms with Gasteiger partial charge in [0.25, 0.3) is 0 Å². The number of amides is 1. The lowest BCUT2D eigenvalue weighted by atomic mass is 10.2.